The van der Waals surface area contributed by atoms with Gasteiger partial charge in [0.15, 0.2) is 0 Å². The average molecular weight is 174 g/mol. The fourth-order valence-electron chi connectivity index (χ4n) is 1.32. The van der Waals surface area contributed by atoms with Gasteiger partial charge in [-0.1, -0.05) is 19.6 Å². The lowest BCUT2D eigenvalue weighted by Gasteiger charge is -2.23. The molecule has 4 heteroatoms. The largest absolute Gasteiger partial charge is 0.508 e. The van der Waals surface area contributed by atoms with Crippen molar-refractivity contribution < 1.29 is 14.3 Å². The minimum absolute atomic E-state index is 0.0231. The molecule has 64 valence electrons. The second-order valence-electron chi connectivity index (χ2n) is 3.98. The Kier molecular flexibility index (Phi) is 1.96. The van der Waals surface area contributed by atoms with E-state index >= 15 is 0 Å². The van der Waals surface area contributed by atoms with Gasteiger partial charge in [0.1, 0.15) is 11.8 Å². The summed E-state index contributed by atoms with van der Waals surface area (Å²) in [4.78, 5) is 10.7. The molecule has 0 spiro atoms. The van der Waals surface area contributed by atoms with Crippen molar-refractivity contribution in [3.05, 3.63) is 0 Å². The van der Waals surface area contributed by atoms with Gasteiger partial charge in [0.25, 0.3) is 0 Å². The van der Waals surface area contributed by atoms with Crippen LogP contribution in [-0.2, 0) is 9.47 Å². The fourth-order valence-corrected chi connectivity index (χ4v) is 3.25. The van der Waals surface area contributed by atoms with Crippen molar-refractivity contribution in [2.75, 3.05) is 0 Å². The maximum Gasteiger partial charge on any atom is 0.508 e. The van der Waals surface area contributed by atoms with E-state index in [4.69, 9.17) is 9.47 Å². The normalized spacial score (nSPS) is 31.5. The van der Waals surface area contributed by atoms with Gasteiger partial charge in [-0.3, -0.25) is 0 Å². The van der Waals surface area contributed by atoms with Gasteiger partial charge in [-0.05, 0) is 6.92 Å². The molecule has 2 atom stereocenters. The molecule has 0 radical (unpaired) electrons. The second-order valence-corrected chi connectivity index (χ2v) is 9.28. The molecule has 1 aliphatic heterocycles. The van der Waals surface area contributed by atoms with Crippen molar-refractivity contribution in [1.29, 1.82) is 0 Å². The molecule has 0 amide bonds. The Bertz CT molecular complexity index is 173. The third-order valence-electron chi connectivity index (χ3n) is 1.79. The van der Waals surface area contributed by atoms with E-state index in [9.17, 15) is 4.79 Å². The van der Waals surface area contributed by atoms with E-state index in [1.165, 1.54) is 0 Å². The summed E-state index contributed by atoms with van der Waals surface area (Å²) >= 11 is 0. The molecule has 0 N–H and O–H groups in total. The van der Waals surface area contributed by atoms with Crippen molar-refractivity contribution in [2.24, 2.45) is 0 Å². The van der Waals surface area contributed by atoms with Crippen LogP contribution in [0.25, 0.3) is 0 Å². The monoisotopic (exact) mass is 174 g/mol. The van der Waals surface area contributed by atoms with E-state index in [0.717, 1.165) is 0 Å². The minimum Gasteiger partial charge on any atom is -0.431 e. The second kappa shape index (κ2) is 2.51. The molecule has 3 nitrogen and oxygen atoms in total. The zero-order valence-electron chi connectivity index (χ0n) is 7.38. The predicted molar refractivity (Wildman–Crippen MR) is 44.2 cm³/mol. The number of rotatable bonds is 1. The van der Waals surface area contributed by atoms with Gasteiger partial charge in [-0.15, -0.1) is 0 Å². The Hall–Kier alpha value is -0.513. The Balaban J connectivity index is 2.67. The van der Waals surface area contributed by atoms with Crippen LogP contribution in [-0.4, -0.2) is 26.1 Å². The highest BCUT2D eigenvalue weighted by Gasteiger charge is 2.42. The maximum atomic E-state index is 10.7. The van der Waals surface area contributed by atoms with Crippen LogP contribution < -0.4 is 0 Å². The molecule has 2 unspecified atom stereocenters. The lowest BCUT2D eigenvalue weighted by Crippen LogP contribution is -2.43. The molecule has 1 saturated heterocycles. The molecule has 11 heavy (non-hydrogen) atoms. The van der Waals surface area contributed by atoms with Crippen LogP contribution in [0, 0.1) is 0 Å². The summed E-state index contributed by atoms with van der Waals surface area (Å²) in [6.45, 7) is 8.37. The van der Waals surface area contributed by atoms with Gasteiger partial charge in [0, 0.05) is 0 Å². The van der Waals surface area contributed by atoms with Gasteiger partial charge >= 0.3 is 6.16 Å². The van der Waals surface area contributed by atoms with Gasteiger partial charge in [0.2, 0.25) is 0 Å². The van der Waals surface area contributed by atoms with Crippen LogP contribution >= 0.6 is 0 Å². The highest BCUT2D eigenvalue weighted by molar-refractivity contribution is 6.77. The number of hydrogen-bond acceptors (Lipinski definition) is 3. The summed E-state index contributed by atoms with van der Waals surface area (Å²) in [7, 11) is -1.40. The standard InChI is InChI=1S/C7H14O3Si/c1-5-6(11(2,3)4)10-7(8)9-5/h5-6H,1-4H3. The fraction of sp³-hybridized carbons (Fsp3) is 0.857. The highest BCUT2D eigenvalue weighted by atomic mass is 28.3. The van der Waals surface area contributed by atoms with Gasteiger partial charge in [-0.25, -0.2) is 4.79 Å². The third-order valence-corrected chi connectivity index (χ3v) is 4.08. The summed E-state index contributed by atoms with van der Waals surface area (Å²) in [5.74, 6) is 0. The van der Waals surface area contributed by atoms with Crippen LogP contribution in [0.3, 0.4) is 0 Å². The summed E-state index contributed by atoms with van der Waals surface area (Å²) < 4.78 is 9.91. The number of carbonyl (C=O) groups excluding carboxylic acids is 1. The van der Waals surface area contributed by atoms with Crippen LogP contribution in [0.1, 0.15) is 6.92 Å². The quantitative estimate of drug-likeness (QED) is 0.449. The zero-order chi connectivity index (χ0) is 8.65. The predicted octanol–water partition coefficient (Wildman–Crippen LogP) is 1.79. The lowest BCUT2D eigenvalue weighted by atomic mass is 10.4. The van der Waals surface area contributed by atoms with Gasteiger partial charge < -0.3 is 9.47 Å². The van der Waals surface area contributed by atoms with Crippen LogP contribution in [0.2, 0.25) is 19.6 Å². The van der Waals surface area contributed by atoms with E-state index in [2.05, 4.69) is 19.6 Å². The molecular weight excluding hydrogens is 160 g/mol. The first-order valence-electron chi connectivity index (χ1n) is 3.78. The van der Waals surface area contributed by atoms with E-state index in [1.807, 2.05) is 6.92 Å². The molecular formula is C7H14O3Si. The van der Waals surface area contributed by atoms with Crippen molar-refractivity contribution in [3.63, 3.8) is 0 Å². The van der Waals surface area contributed by atoms with E-state index in [0.29, 0.717) is 0 Å². The first-order valence-corrected chi connectivity index (χ1v) is 7.36. The number of hydrogen-bond donors (Lipinski definition) is 0. The summed E-state index contributed by atoms with van der Waals surface area (Å²) in [6, 6.07) is 0. The molecule has 0 aromatic heterocycles. The van der Waals surface area contributed by atoms with E-state index < -0.39 is 14.2 Å². The first-order chi connectivity index (χ1) is 4.91. The molecule has 0 bridgehead atoms. The van der Waals surface area contributed by atoms with Gasteiger partial charge in [0.05, 0.1) is 8.07 Å². The Morgan fingerprint density at radius 2 is 1.82 bits per heavy atom. The number of ether oxygens (including phenoxy) is 2. The maximum absolute atomic E-state index is 10.7. The molecule has 1 rings (SSSR count). The molecule has 0 aliphatic carbocycles. The summed E-state index contributed by atoms with van der Waals surface area (Å²) in [5.41, 5.74) is 0.0231. The molecule has 1 aliphatic rings. The smallest absolute Gasteiger partial charge is 0.431 e. The molecule has 0 saturated carbocycles. The number of cyclic esters (lactones) is 2. The van der Waals surface area contributed by atoms with Crippen LogP contribution in [0.4, 0.5) is 4.79 Å². The summed E-state index contributed by atoms with van der Waals surface area (Å²) in [5, 5.41) is 0. The zero-order valence-corrected chi connectivity index (χ0v) is 8.38. The van der Waals surface area contributed by atoms with Crippen LogP contribution in [0.5, 0.6) is 0 Å². The highest BCUT2D eigenvalue weighted by Crippen LogP contribution is 2.23. The van der Waals surface area contributed by atoms with E-state index in [1.54, 1.807) is 0 Å². The van der Waals surface area contributed by atoms with Gasteiger partial charge in [-0.2, -0.15) is 0 Å². The van der Waals surface area contributed by atoms with Crippen molar-refractivity contribution >= 4 is 14.2 Å². The average Bonchev–Trinajstić information content (AvgIpc) is 2.08. The Morgan fingerprint density at radius 1 is 1.27 bits per heavy atom. The number of carbonyl (C=O) groups is 1. The molecule has 1 heterocycles. The Morgan fingerprint density at radius 3 is 2.00 bits per heavy atom. The lowest BCUT2D eigenvalue weighted by molar-refractivity contribution is 0.120. The first kappa shape index (κ1) is 8.58. The summed E-state index contributed by atoms with van der Waals surface area (Å²) in [6.07, 6.45) is -0.570. The van der Waals surface area contributed by atoms with E-state index in [-0.39, 0.29) is 11.8 Å². The molecule has 0 aromatic rings. The van der Waals surface area contributed by atoms with Crippen molar-refractivity contribution in [1.82, 2.24) is 0 Å². The topological polar surface area (TPSA) is 35.5 Å². The van der Waals surface area contributed by atoms with Crippen molar-refractivity contribution in [2.45, 2.75) is 38.4 Å². The van der Waals surface area contributed by atoms with Crippen molar-refractivity contribution in [3.8, 4) is 0 Å². The third kappa shape index (κ3) is 1.74. The SMILES string of the molecule is CC1OC(=O)OC1[Si](C)(C)C. The van der Waals surface area contributed by atoms with Crippen LogP contribution in [0.15, 0.2) is 0 Å². The molecule has 1 fully saturated rings. The minimum atomic E-state index is -1.40. The Labute approximate surface area is 67.7 Å². The molecule has 0 aromatic carbocycles.